The van der Waals surface area contributed by atoms with E-state index in [9.17, 15) is 9.59 Å². The van der Waals surface area contributed by atoms with Crippen LogP contribution in [0.3, 0.4) is 0 Å². The summed E-state index contributed by atoms with van der Waals surface area (Å²) in [5, 5.41) is 5.60. The quantitative estimate of drug-likeness (QED) is 0.903. The van der Waals surface area contributed by atoms with E-state index in [-0.39, 0.29) is 29.5 Å². The zero-order chi connectivity index (χ0) is 16.5. The Kier molecular flexibility index (Phi) is 4.02. The summed E-state index contributed by atoms with van der Waals surface area (Å²) in [4.78, 5) is 25.7. The van der Waals surface area contributed by atoms with Gasteiger partial charge in [0, 0.05) is 11.3 Å². The maximum atomic E-state index is 12.4. The molecule has 4 rings (SSSR count). The van der Waals surface area contributed by atoms with Gasteiger partial charge in [0.25, 0.3) is 0 Å². The van der Waals surface area contributed by atoms with Crippen LogP contribution >= 0.6 is 11.8 Å². The highest BCUT2D eigenvalue weighted by Crippen LogP contribution is 2.37. The third-order valence-electron chi connectivity index (χ3n) is 4.55. The van der Waals surface area contributed by atoms with Gasteiger partial charge in [-0.1, -0.05) is 36.4 Å². The fourth-order valence-electron chi connectivity index (χ4n) is 3.36. The fourth-order valence-corrected chi connectivity index (χ4v) is 4.47. The molecule has 2 N–H and O–H groups in total. The molecule has 0 aromatic heterocycles. The fraction of sp³-hybridized carbons (Fsp3) is 0.263. The lowest BCUT2D eigenvalue weighted by Gasteiger charge is -2.24. The van der Waals surface area contributed by atoms with E-state index in [1.54, 1.807) is 0 Å². The van der Waals surface area contributed by atoms with E-state index in [2.05, 4.69) is 22.8 Å². The molecule has 1 aliphatic carbocycles. The minimum Gasteiger partial charge on any atom is -0.349 e. The third kappa shape index (κ3) is 2.91. The van der Waals surface area contributed by atoms with E-state index < -0.39 is 0 Å². The van der Waals surface area contributed by atoms with Crippen molar-refractivity contribution in [2.24, 2.45) is 0 Å². The van der Waals surface area contributed by atoms with E-state index in [0.29, 0.717) is 0 Å². The molecule has 2 unspecified atom stereocenters. The van der Waals surface area contributed by atoms with E-state index in [1.807, 2.05) is 36.4 Å². The number of hydrogen-bond donors (Lipinski definition) is 2. The summed E-state index contributed by atoms with van der Waals surface area (Å²) in [6.45, 7) is 0. The first-order chi connectivity index (χ1) is 11.7. The van der Waals surface area contributed by atoms with Gasteiger partial charge in [0.1, 0.15) is 0 Å². The zero-order valence-corrected chi connectivity index (χ0v) is 13.9. The Morgan fingerprint density at radius 3 is 2.88 bits per heavy atom. The Morgan fingerprint density at radius 2 is 1.96 bits per heavy atom. The average molecular weight is 338 g/mol. The number of fused-ring (bicyclic) bond motifs is 2. The van der Waals surface area contributed by atoms with Gasteiger partial charge in [0.2, 0.25) is 11.8 Å². The van der Waals surface area contributed by atoms with Crippen molar-refractivity contribution in [3.8, 4) is 0 Å². The zero-order valence-electron chi connectivity index (χ0n) is 13.1. The second-order valence-corrected chi connectivity index (χ2v) is 7.40. The molecule has 1 heterocycles. The summed E-state index contributed by atoms with van der Waals surface area (Å²) < 4.78 is 0. The highest BCUT2D eigenvalue weighted by Gasteiger charge is 2.30. The summed E-state index contributed by atoms with van der Waals surface area (Å²) >= 11 is 1.46. The maximum Gasteiger partial charge on any atom is 0.238 e. The topological polar surface area (TPSA) is 58.2 Å². The predicted octanol–water partition coefficient (Wildman–Crippen LogP) is 3.29. The molecular formula is C19H18N2O2S. The second-order valence-electron chi connectivity index (χ2n) is 6.15. The van der Waals surface area contributed by atoms with Crippen LogP contribution in [-0.2, 0) is 16.0 Å². The van der Waals surface area contributed by atoms with Crippen LogP contribution < -0.4 is 10.6 Å². The van der Waals surface area contributed by atoms with E-state index in [1.165, 1.54) is 22.9 Å². The van der Waals surface area contributed by atoms with Crippen LogP contribution in [0, 0.1) is 0 Å². The number of rotatable bonds is 3. The standard InChI is InChI=1S/C19H18N2O2S/c22-18(20-14-10-9-12-5-1-2-6-13(12)14)11-17-19(23)21-15-7-3-4-8-16(15)24-17/h1-8,14,17H,9-11H2,(H,20,22)(H,21,23). The largest absolute Gasteiger partial charge is 0.349 e. The molecule has 2 aliphatic rings. The summed E-state index contributed by atoms with van der Waals surface area (Å²) in [6, 6.07) is 16.0. The van der Waals surface area contributed by atoms with Gasteiger partial charge in [0.05, 0.1) is 17.0 Å². The van der Waals surface area contributed by atoms with Crippen molar-refractivity contribution in [2.45, 2.75) is 35.4 Å². The third-order valence-corrected chi connectivity index (χ3v) is 5.82. The number of aryl methyl sites for hydroxylation is 1. The summed E-state index contributed by atoms with van der Waals surface area (Å²) in [6.07, 6.45) is 2.12. The van der Waals surface area contributed by atoms with Gasteiger partial charge in [-0.15, -0.1) is 11.8 Å². The van der Waals surface area contributed by atoms with Gasteiger partial charge in [-0.3, -0.25) is 9.59 Å². The van der Waals surface area contributed by atoms with Gasteiger partial charge in [0.15, 0.2) is 0 Å². The minimum absolute atomic E-state index is 0.0660. The summed E-state index contributed by atoms with van der Waals surface area (Å²) in [5.74, 6) is -0.163. The molecule has 2 aromatic rings. The number of nitrogens with one attached hydrogen (secondary N) is 2. The number of benzene rings is 2. The molecule has 1 aliphatic heterocycles. The van der Waals surface area contributed by atoms with Crippen LogP contribution in [0.1, 0.15) is 30.0 Å². The van der Waals surface area contributed by atoms with Crippen LogP contribution in [-0.4, -0.2) is 17.1 Å². The van der Waals surface area contributed by atoms with Crippen LogP contribution in [0.5, 0.6) is 0 Å². The first-order valence-electron chi connectivity index (χ1n) is 8.14. The molecule has 24 heavy (non-hydrogen) atoms. The number of anilines is 1. The van der Waals surface area contributed by atoms with Crippen molar-refractivity contribution in [3.05, 3.63) is 59.7 Å². The smallest absolute Gasteiger partial charge is 0.238 e. The SMILES string of the molecule is O=C(CC1Sc2ccccc2NC1=O)NC1CCc2ccccc21. The van der Waals surface area contributed by atoms with Crippen molar-refractivity contribution in [3.63, 3.8) is 0 Å². The normalized spacial score (nSPS) is 21.6. The number of thioether (sulfide) groups is 1. The molecule has 0 saturated heterocycles. The molecule has 122 valence electrons. The van der Waals surface area contributed by atoms with Gasteiger partial charge in [-0.05, 0) is 36.1 Å². The molecule has 0 saturated carbocycles. The van der Waals surface area contributed by atoms with E-state index in [4.69, 9.17) is 0 Å². The molecule has 5 heteroatoms. The molecule has 4 nitrogen and oxygen atoms in total. The predicted molar refractivity (Wildman–Crippen MR) is 95.0 cm³/mol. The van der Waals surface area contributed by atoms with E-state index in [0.717, 1.165) is 23.4 Å². The lowest BCUT2D eigenvalue weighted by Crippen LogP contribution is -2.35. The van der Waals surface area contributed by atoms with Crippen LogP contribution in [0.15, 0.2) is 53.4 Å². The second kappa shape index (κ2) is 6.32. The maximum absolute atomic E-state index is 12.4. The van der Waals surface area contributed by atoms with Crippen LogP contribution in [0.2, 0.25) is 0 Å². The minimum atomic E-state index is -0.378. The Balaban J connectivity index is 1.41. The molecular weight excluding hydrogens is 320 g/mol. The Hall–Kier alpha value is -2.27. The summed E-state index contributed by atoms with van der Waals surface area (Å²) in [7, 11) is 0. The summed E-state index contributed by atoms with van der Waals surface area (Å²) in [5.41, 5.74) is 3.34. The molecule has 2 atom stereocenters. The molecule has 2 amide bonds. The lowest BCUT2D eigenvalue weighted by atomic mass is 10.1. The number of hydrogen-bond acceptors (Lipinski definition) is 3. The van der Waals surface area contributed by atoms with Crippen molar-refractivity contribution in [1.29, 1.82) is 0 Å². The van der Waals surface area contributed by atoms with Gasteiger partial charge in [-0.2, -0.15) is 0 Å². The van der Waals surface area contributed by atoms with Crippen molar-refractivity contribution >= 4 is 29.3 Å². The number of carbonyl (C=O) groups is 2. The highest BCUT2D eigenvalue weighted by atomic mass is 32.2. The highest BCUT2D eigenvalue weighted by molar-refractivity contribution is 8.01. The van der Waals surface area contributed by atoms with Crippen molar-refractivity contribution < 1.29 is 9.59 Å². The number of para-hydroxylation sites is 1. The molecule has 0 radical (unpaired) electrons. The van der Waals surface area contributed by atoms with Crippen LogP contribution in [0.25, 0.3) is 0 Å². The molecule has 0 spiro atoms. The molecule has 0 fully saturated rings. The molecule has 2 aromatic carbocycles. The first-order valence-corrected chi connectivity index (χ1v) is 9.02. The van der Waals surface area contributed by atoms with Gasteiger partial charge in [-0.25, -0.2) is 0 Å². The lowest BCUT2D eigenvalue weighted by molar-refractivity contribution is -0.124. The Morgan fingerprint density at radius 1 is 1.17 bits per heavy atom. The Labute approximate surface area is 145 Å². The number of amides is 2. The number of carbonyl (C=O) groups excluding carboxylic acids is 2. The Bertz CT molecular complexity index is 805. The van der Waals surface area contributed by atoms with Crippen LogP contribution in [0.4, 0.5) is 5.69 Å². The average Bonchev–Trinajstić information content (AvgIpc) is 2.99. The molecule has 0 bridgehead atoms. The van der Waals surface area contributed by atoms with E-state index >= 15 is 0 Å². The first kappa shape index (κ1) is 15.3. The van der Waals surface area contributed by atoms with Crippen molar-refractivity contribution in [1.82, 2.24) is 5.32 Å². The van der Waals surface area contributed by atoms with Gasteiger partial charge >= 0.3 is 0 Å². The van der Waals surface area contributed by atoms with Crippen molar-refractivity contribution in [2.75, 3.05) is 5.32 Å². The van der Waals surface area contributed by atoms with Gasteiger partial charge < -0.3 is 10.6 Å². The monoisotopic (exact) mass is 338 g/mol.